The molecule has 2 aromatic rings. The molecule has 2 rings (SSSR count). The summed E-state index contributed by atoms with van der Waals surface area (Å²) in [7, 11) is 0. The molecule has 88 valence electrons. The van der Waals surface area contributed by atoms with Gasteiger partial charge >= 0.3 is 0 Å². The van der Waals surface area contributed by atoms with Crippen LogP contribution in [0.5, 0.6) is 0 Å². The molecule has 0 aliphatic rings. The Morgan fingerprint density at radius 2 is 2.00 bits per heavy atom. The Labute approximate surface area is 97.5 Å². The molecule has 0 amide bonds. The zero-order valence-electron chi connectivity index (χ0n) is 9.03. The molecule has 0 aliphatic heterocycles. The lowest BCUT2D eigenvalue weighted by atomic mass is 10.2. The molecular weight excluding hydrogens is 224 g/mol. The molecule has 3 nitrogen and oxygen atoms in total. The van der Waals surface area contributed by atoms with Gasteiger partial charge in [0.2, 0.25) is 0 Å². The fourth-order valence-corrected chi connectivity index (χ4v) is 1.43. The lowest BCUT2D eigenvalue weighted by Gasteiger charge is -2.05. The lowest BCUT2D eigenvalue weighted by Crippen LogP contribution is -2.14. The topological polar surface area (TPSA) is 37.8 Å². The molecule has 0 saturated carbocycles. The molecule has 1 aromatic heterocycles. The first-order chi connectivity index (χ1) is 8.25. The van der Waals surface area contributed by atoms with E-state index in [-0.39, 0.29) is 6.54 Å². The molecule has 0 bridgehead atoms. The molecule has 0 unspecified atom stereocenters. The third-order valence-electron chi connectivity index (χ3n) is 2.27. The van der Waals surface area contributed by atoms with Crippen LogP contribution >= 0.6 is 0 Å². The summed E-state index contributed by atoms with van der Waals surface area (Å²) in [6.45, 7) is 0.742. The monoisotopic (exact) mass is 235 g/mol. The van der Waals surface area contributed by atoms with Gasteiger partial charge in [0.1, 0.15) is 18.0 Å². The van der Waals surface area contributed by atoms with E-state index in [1.165, 1.54) is 12.4 Å². The summed E-state index contributed by atoms with van der Waals surface area (Å²) in [5, 5.41) is 2.99. The second-order valence-electron chi connectivity index (χ2n) is 3.54. The predicted octanol–water partition coefficient (Wildman–Crippen LogP) is 2.04. The standard InChI is InChI=1S/C12H11F2N3/c13-10-1-2-12(14)9(5-10)6-16-7-11-3-4-15-8-17-11/h1-5,8,16H,6-7H2. The van der Waals surface area contributed by atoms with E-state index in [0.29, 0.717) is 12.1 Å². The van der Waals surface area contributed by atoms with Gasteiger partial charge in [0.05, 0.1) is 5.69 Å². The SMILES string of the molecule is Fc1ccc(F)c(CNCc2ccncn2)c1. The maximum atomic E-state index is 13.3. The first-order valence-corrected chi connectivity index (χ1v) is 5.15. The minimum atomic E-state index is -0.440. The first kappa shape index (κ1) is 11.6. The van der Waals surface area contributed by atoms with Crippen LogP contribution in [0.25, 0.3) is 0 Å². The molecule has 0 atom stereocenters. The van der Waals surface area contributed by atoms with E-state index in [1.54, 1.807) is 12.3 Å². The van der Waals surface area contributed by atoms with Crippen LogP contribution in [0.3, 0.4) is 0 Å². The van der Waals surface area contributed by atoms with Crippen LogP contribution in [0, 0.1) is 11.6 Å². The smallest absolute Gasteiger partial charge is 0.127 e. The average Bonchev–Trinajstić information content (AvgIpc) is 2.35. The molecule has 0 radical (unpaired) electrons. The van der Waals surface area contributed by atoms with Gasteiger partial charge in [-0.1, -0.05) is 0 Å². The summed E-state index contributed by atoms with van der Waals surface area (Å²) in [4.78, 5) is 7.80. The number of benzene rings is 1. The van der Waals surface area contributed by atoms with E-state index in [2.05, 4.69) is 15.3 Å². The van der Waals surface area contributed by atoms with E-state index in [1.807, 2.05) is 0 Å². The van der Waals surface area contributed by atoms with Crippen LogP contribution in [0.2, 0.25) is 0 Å². The van der Waals surface area contributed by atoms with Gasteiger partial charge in [0, 0.05) is 24.8 Å². The summed E-state index contributed by atoms with van der Waals surface area (Å²) in [5.74, 6) is -0.855. The van der Waals surface area contributed by atoms with E-state index < -0.39 is 11.6 Å². The van der Waals surface area contributed by atoms with Crippen molar-refractivity contribution in [2.24, 2.45) is 0 Å². The van der Waals surface area contributed by atoms with Crippen molar-refractivity contribution in [1.82, 2.24) is 15.3 Å². The van der Waals surface area contributed by atoms with Crippen molar-refractivity contribution in [3.63, 3.8) is 0 Å². The van der Waals surface area contributed by atoms with Crippen LogP contribution in [0.4, 0.5) is 8.78 Å². The maximum absolute atomic E-state index is 13.3. The summed E-state index contributed by atoms with van der Waals surface area (Å²) in [6, 6.07) is 5.16. The molecule has 5 heteroatoms. The molecule has 17 heavy (non-hydrogen) atoms. The largest absolute Gasteiger partial charge is 0.307 e. The van der Waals surface area contributed by atoms with Crippen molar-refractivity contribution in [3.8, 4) is 0 Å². The van der Waals surface area contributed by atoms with Gasteiger partial charge in [-0.25, -0.2) is 18.7 Å². The van der Waals surface area contributed by atoms with Gasteiger partial charge in [-0.2, -0.15) is 0 Å². The average molecular weight is 235 g/mol. The van der Waals surface area contributed by atoms with E-state index in [9.17, 15) is 8.78 Å². The van der Waals surface area contributed by atoms with Gasteiger partial charge in [-0.05, 0) is 24.3 Å². The van der Waals surface area contributed by atoms with Crippen LogP contribution in [0.15, 0.2) is 36.8 Å². The van der Waals surface area contributed by atoms with Gasteiger partial charge in [0.25, 0.3) is 0 Å². The molecule has 0 fully saturated rings. The van der Waals surface area contributed by atoms with E-state index >= 15 is 0 Å². The number of nitrogens with one attached hydrogen (secondary N) is 1. The zero-order valence-corrected chi connectivity index (χ0v) is 9.03. The molecule has 1 N–H and O–H groups in total. The van der Waals surface area contributed by atoms with Gasteiger partial charge < -0.3 is 5.32 Å². The first-order valence-electron chi connectivity index (χ1n) is 5.15. The Morgan fingerprint density at radius 3 is 2.76 bits per heavy atom. The Balaban J connectivity index is 1.92. The van der Waals surface area contributed by atoms with Gasteiger partial charge in [0.15, 0.2) is 0 Å². The summed E-state index contributed by atoms with van der Waals surface area (Å²) in [5.41, 5.74) is 1.11. The summed E-state index contributed by atoms with van der Waals surface area (Å²) >= 11 is 0. The number of nitrogens with zero attached hydrogens (tertiary/aromatic N) is 2. The third kappa shape index (κ3) is 3.29. The number of aromatic nitrogens is 2. The maximum Gasteiger partial charge on any atom is 0.127 e. The Bertz CT molecular complexity index is 488. The number of halogens is 2. The molecule has 0 aliphatic carbocycles. The second kappa shape index (κ2) is 5.45. The molecule has 0 saturated heterocycles. The number of hydrogen-bond donors (Lipinski definition) is 1. The fraction of sp³-hybridized carbons (Fsp3) is 0.167. The molecule has 1 heterocycles. The van der Waals surface area contributed by atoms with Crippen LogP contribution in [-0.4, -0.2) is 9.97 Å². The molecular formula is C12H11F2N3. The normalized spacial score (nSPS) is 10.5. The second-order valence-corrected chi connectivity index (χ2v) is 3.54. The van der Waals surface area contributed by atoms with Crippen molar-refractivity contribution in [3.05, 3.63) is 59.7 Å². The van der Waals surface area contributed by atoms with Crippen molar-refractivity contribution in [1.29, 1.82) is 0 Å². The Kier molecular flexibility index (Phi) is 3.72. The highest BCUT2D eigenvalue weighted by molar-refractivity contribution is 5.18. The predicted molar refractivity (Wildman–Crippen MR) is 58.9 cm³/mol. The van der Waals surface area contributed by atoms with E-state index in [0.717, 1.165) is 17.8 Å². The molecule has 0 spiro atoms. The summed E-state index contributed by atoms with van der Waals surface area (Å²) in [6.07, 6.45) is 3.08. The van der Waals surface area contributed by atoms with Gasteiger partial charge in [-0.15, -0.1) is 0 Å². The zero-order chi connectivity index (χ0) is 12.1. The van der Waals surface area contributed by atoms with Crippen molar-refractivity contribution >= 4 is 0 Å². The highest BCUT2D eigenvalue weighted by Gasteiger charge is 2.03. The summed E-state index contributed by atoms with van der Waals surface area (Å²) < 4.78 is 26.1. The molecule has 1 aromatic carbocycles. The minimum absolute atomic E-state index is 0.258. The minimum Gasteiger partial charge on any atom is -0.307 e. The Morgan fingerprint density at radius 1 is 1.12 bits per heavy atom. The van der Waals surface area contributed by atoms with Crippen molar-refractivity contribution in [2.75, 3.05) is 0 Å². The van der Waals surface area contributed by atoms with E-state index in [4.69, 9.17) is 0 Å². The highest BCUT2D eigenvalue weighted by atomic mass is 19.1. The van der Waals surface area contributed by atoms with Crippen molar-refractivity contribution in [2.45, 2.75) is 13.1 Å². The lowest BCUT2D eigenvalue weighted by molar-refractivity contribution is 0.567. The van der Waals surface area contributed by atoms with Crippen LogP contribution < -0.4 is 5.32 Å². The van der Waals surface area contributed by atoms with Crippen molar-refractivity contribution < 1.29 is 8.78 Å². The number of rotatable bonds is 4. The van der Waals surface area contributed by atoms with Crippen LogP contribution in [-0.2, 0) is 13.1 Å². The third-order valence-corrected chi connectivity index (χ3v) is 2.27. The highest BCUT2D eigenvalue weighted by Crippen LogP contribution is 2.09. The fourth-order valence-electron chi connectivity index (χ4n) is 1.43. The number of hydrogen-bond acceptors (Lipinski definition) is 3. The quantitative estimate of drug-likeness (QED) is 0.881. The van der Waals surface area contributed by atoms with Crippen LogP contribution in [0.1, 0.15) is 11.3 Å². The van der Waals surface area contributed by atoms with Gasteiger partial charge in [-0.3, -0.25) is 0 Å². The Hall–Kier alpha value is -1.88.